The number of aliphatic hydroxyl groups is 1. The van der Waals surface area contributed by atoms with E-state index < -0.39 is 29.9 Å². The van der Waals surface area contributed by atoms with E-state index in [-0.39, 0.29) is 13.2 Å². The number of imide groups is 1. The molecule has 7 heteroatoms. The van der Waals surface area contributed by atoms with E-state index in [1.807, 2.05) is 32.0 Å². The molecule has 28 heavy (non-hydrogen) atoms. The Morgan fingerprint density at radius 2 is 1.71 bits per heavy atom. The molecule has 1 heterocycles. The Labute approximate surface area is 163 Å². The van der Waals surface area contributed by atoms with Crippen molar-refractivity contribution in [3.05, 3.63) is 59.4 Å². The number of aliphatic hydroxyl groups excluding tert-OH is 1. The average molecular weight is 386 g/mol. The highest BCUT2D eigenvalue weighted by Crippen LogP contribution is 2.26. The molecule has 1 saturated heterocycles. The van der Waals surface area contributed by atoms with Gasteiger partial charge in [-0.3, -0.25) is 14.6 Å². The van der Waals surface area contributed by atoms with Crippen LogP contribution in [0.1, 0.15) is 18.1 Å². The van der Waals surface area contributed by atoms with Crippen LogP contribution in [0.4, 0.5) is 14.9 Å². The molecule has 1 fully saturated rings. The van der Waals surface area contributed by atoms with Crippen LogP contribution in [0.15, 0.2) is 42.5 Å². The van der Waals surface area contributed by atoms with E-state index in [1.165, 1.54) is 29.2 Å². The first-order valence-corrected chi connectivity index (χ1v) is 9.05. The predicted molar refractivity (Wildman–Crippen MR) is 103 cm³/mol. The Hall–Kier alpha value is -2.93. The summed E-state index contributed by atoms with van der Waals surface area (Å²) >= 11 is 0. The molecule has 2 aromatic carbocycles. The van der Waals surface area contributed by atoms with Crippen LogP contribution < -0.4 is 9.64 Å². The number of ether oxygens (including phenoxy) is 1. The minimum absolute atomic E-state index is 0.0507. The summed E-state index contributed by atoms with van der Waals surface area (Å²) < 4.78 is 18.7. The summed E-state index contributed by atoms with van der Waals surface area (Å²) in [6.45, 7) is 5.27. The Bertz CT molecular complexity index is 864. The molecule has 2 atom stereocenters. The summed E-state index contributed by atoms with van der Waals surface area (Å²) in [5.74, 6) is -0.220. The van der Waals surface area contributed by atoms with E-state index in [4.69, 9.17) is 4.74 Å². The van der Waals surface area contributed by atoms with Gasteiger partial charge < -0.3 is 9.84 Å². The maximum Gasteiger partial charge on any atom is 0.332 e. The monoisotopic (exact) mass is 386 g/mol. The number of anilines is 1. The molecular weight excluding hydrogens is 363 g/mol. The number of hydrogen-bond acceptors (Lipinski definition) is 4. The standard InChI is InChI=1S/C21H23FN2O4/c1-13-8-14(2)10-19(9-13)28-12-18(25)11-23-20(26)15(3)24(21(23)27)17-6-4-16(22)5-7-17/h4-10,15,18,25H,11-12H2,1-3H3. The van der Waals surface area contributed by atoms with Gasteiger partial charge >= 0.3 is 6.03 Å². The van der Waals surface area contributed by atoms with Gasteiger partial charge in [0.2, 0.25) is 0 Å². The molecule has 0 saturated carbocycles. The lowest BCUT2D eigenvalue weighted by molar-refractivity contribution is -0.128. The van der Waals surface area contributed by atoms with Gasteiger partial charge in [-0.25, -0.2) is 9.18 Å². The average Bonchev–Trinajstić information content (AvgIpc) is 2.84. The fourth-order valence-corrected chi connectivity index (χ4v) is 3.30. The second-order valence-electron chi connectivity index (χ2n) is 7.04. The third-order valence-corrected chi connectivity index (χ3v) is 4.58. The first-order valence-electron chi connectivity index (χ1n) is 9.05. The number of carbonyl (C=O) groups excluding carboxylic acids is 2. The molecule has 2 unspecified atom stereocenters. The molecule has 148 valence electrons. The van der Waals surface area contributed by atoms with Gasteiger partial charge in [0.15, 0.2) is 0 Å². The van der Waals surface area contributed by atoms with Crippen molar-refractivity contribution in [1.29, 1.82) is 0 Å². The number of halogens is 1. The van der Waals surface area contributed by atoms with E-state index in [1.54, 1.807) is 6.92 Å². The number of aryl methyl sites for hydroxylation is 2. The second-order valence-corrected chi connectivity index (χ2v) is 7.04. The normalized spacial score (nSPS) is 18.0. The van der Waals surface area contributed by atoms with Crippen molar-refractivity contribution in [2.75, 3.05) is 18.1 Å². The molecule has 1 N–H and O–H groups in total. The van der Waals surface area contributed by atoms with Gasteiger partial charge in [-0.15, -0.1) is 0 Å². The second kappa shape index (κ2) is 7.98. The molecule has 3 rings (SSSR count). The van der Waals surface area contributed by atoms with Gasteiger partial charge in [0.25, 0.3) is 5.91 Å². The molecule has 6 nitrogen and oxygen atoms in total. The van der Waals surface area contributed by atoms with E-state index in [0.717, 1.165) is 16.0 Å². The van der Waals surface area contributed by atoms with Crippen molar-refractivity contribution >= 4 is 17.6 Å². The maximum atomic E-state index is 13.1. The Morgan fingerprint density at radius 1 is 1.11 bits per heavy atom. The van der Waals surface area contributed by atoms with E-state index in [9.17, 15) is 19.1 Å². The molecule has 0 radical (unpaired) electrons. The summed E-state index contributed by atoms with van der Waals surface area (Å²) in [7, 11) is 0. The summed E-state index contributed by atoms with van der Waals surface area (Å²) in [6.07, 6.45) is -1.03. The highest BCUT2D eigenvalue weighted by Gasteiger charge is 2.43. The molecule has 2 aromatic rings. The van der Waals surface area contributed by atoms with E-state index in [2.05, 4.69) is 0 Å². The molecule has 0 aromatic heterocycles. The van der Waals surface area contributed by atoms with Crippen LogP contribution >= 0.6 is 0 Å². The summed E-state index contributed by atoms with van der Waals surface area (Å²) in [4.78, 5) is 27.5. The van der Waals surface area contributed by atoms with Crippen LogP contribution in [0, 0.1) is 19.7 Å². The van der Waals surface area contributed by atoms with Gasteiger partial charge in [-0.1, -0.05) is 6.07 Å². The maximum absolute atomic E-state index is 13.1. The number of benzene rings is 2. The Morgan fingerprint density at radius 3 is 2.32 bits per heavy atom. The van der Waals surface area contributed by atoms with Crippen LogP contribution in [-0.4, -0.2) is 47.2 Å². The van der Waals surface area contributed by atoms with E-state index in [0.29, 0.717) is 11.4 Å². The summed E-state index contributed by atoms with van der Waals surface area (Å²) in [5, 5.41) is 10.3. The van der Waals surface area contributed by atoms with Crippen LogP contribution in [0.2, 0.25) is 0 Å². The number of amides is 3. The third-order valence-electron chi connectivity index (χ3n) is 4.58. The van der Waals surface area contributed by atoms with Crippen LogP contribution in [-0.2, 0) is 4.79 Å². The zero-order valence-corrected chi connectivity index (χ0v) is 16.1. The number of hydrogen-bond donors (Lipinski definition) is 1. The Balaban J connectivity index is 1.65. The number of urea groups is 1. The minimum atomic E-state index is -1.03. The number of rotatable bonds is 6. The van der Waals surface area contributed by atoms with E-state index >= 15 is 0 Å². The van der Waals surface area contributed by atoms with Gasteiger partial charge in [-0.05, 0) is 68.3 Å². The Kier molecular flexibility index (Phi) is 5.65. The van der Waals surface area contributed by atoms with Crippen molar-refractivity contribution in [1.82, 2.24) is 4.90 Å². The van der Waals surface area contributed by atoms with Gasteiger partial charge in [0.1, 0.15) is 30.3 Å². The molecular formula is C21H23FN2O4. The predicted octanol–water partition coefficient (Wildman–Crippen LogP) is 3.04. The number of carbonyl (C=O) groups is 2. The smallest absolute Gasteiger partial charge is 0.332 e. The molecule has 3 amide bonds. The summed E-state index contributed by atoms with van der Waals surface area (Å²) in [5.41, 5.74) is 2.51. The molecule has 0 spiro atoms. The van der Waals surface area contributed by atoms with Gasteiger partial charge in [-0.2, -0.15) is 0 Å². The molecule has 0 bridgehead atoms. The van der Waals surface area contributed by atoms with Crippen LogP contribution in [0.5, 0.6) is 5.75 Å². The molecule has 1 aliphatic heterocycles. The van der Waals surface area contributed by atoms with Crippen molar-refractivity contribution in [3.63, 3.8) is 0 Å². The lowest BCUT2D eigenvalue weighted by Crippen LogP contribution is -2.40. The zero-order valence-electron chi connectivity index (χ0n) is 16.1. The van der Waals surface area contributed by atoms with Crippen molar-refractivity contribution < 1.29 is 23.8 Å². The first kappa shape index (κ1) is 19.8. The summed E-state index contributed by atoms with van der Waals surface area (Å²) in [6, 6.07) is 9.79. The fourth-order valence-electron chi connectivity index (χ4n) is 3.30. The quantitative estimate of drug-likeness (QED) is 0.775. The first-order chi connectivity index (χ1) is 13.3. The van der Waals surface area contributed by atoms with Crippen molar-refractivity contribution in [2.45, 2.75) is 32.9 Å². The lowest BCUT2D eigenvalue weighted by atomic mass is 10.1. The van der Waals surface area contributed by atoms with Gasteiger partial charge in [0, 0.05) is 5.69 Å². The highest BCUT2D eigenvalue weighted by atomic mass is 19.1. The highest BCUT2D eigenvalue weighted by molar-refractivity contribution is 6.14. The lowest BCUT2D eigenvalue weighted by Gasteiger charge is -2.21. The zero-order chi connectivity index (χ0) is 20.4. The van der Waals surface area contributed by atoms with Crippen LogP contribution in [0.3, 0.4) is 0 Å². The third kappa shape index (κ3) is 4.14. The number of β-amino-alcohol motifs (C(OH)–C–C–N with tert-alkyl or cyclic N) is 1. The number of nitrogens with zero attached hydrogens (tertiary/aromatic N) is 2. The van der Waals surface area contributed by atoms with Crippen molar-refractivity contribution in [3.8, 4) is 5.75 Å². The minimum Gasteiger partial charge on any atom is -0.491 e. The largest absolute Gasteiger partial charge is 0.491 e. The van der Waals surface area contributed by atoms with Gasteiger partial charge in [0.05, 0.1) is 6.54 Å². The van der Waals surface area contributed by atoms with Crippen LogP contribution in [0.25, 0.3) is 0 Å². The topological polar surface area (TPSA) is 70.1 Å². The molecule has 1 aliphatic rings. The fraction of sp³-hybridized carbons (Fsp3) is 0.333. The van der Waals surface area contributed by atoms with Crippen molar-refractivity contribution in [2.24, 2.45) is 0 Å². The SMILES string of the molecule is Cc1cc(C)cc(OCC(O)CN2C(=O)C(C)N(c3ccc(F)cc3)C2=O)c1. The molecule has 0 aliphatic carbocycles.